The number of benzene rings is 3. The first-order valence-electron chi connectivity index (χ1n) is 12.9. The topological polar surface area (TPSA) is 115 Å². The number of halogens is 2. The Morgan fingerprint density at radius 2 is 1.66 bits per heavy atom. The van der Waals surface area contributed by atoms with E-state index in [0.717, 1.165) is 47.7 Å². The summed E-state index contributed by atoms with van der Waals surface area (Å²) in [7, 11) is -4.34. The molecule has 12 heteroatoms. The third-order valence-corrected chi connectivity index (χ3v) is 8.41. The molecule has 3 aromatic carbocycles. The molecule has 0 bridgehead atoms. The number of nitrogens with zero attached hydrogens (tertiary/aromatic N) is 4. The Labute approximate surface area is 235 Å². The molecule has 5 aromatic rings. The highest BCUT2D eigenvalue weighted by atomic mass is 32.2. The number of sulfonamides is 1. The second kappa shape index (κ2) is 10.5. The Balaban J connectivity index is 1.34. The maximum atomic E-state index is 14.2. The average Bonchev–Trinajstić information content (AvgIpc) is 3.29. The molecule has 1 aliphatic rings. The molecule has 1 aliphatic heterocycles. The van der Waals surface area contributed by atoms with E-state index >= 15 is 0 Å². The van der Waals surface area contributed by atoms with Crippen LogP contribution in [0.1, 0.15) is 5.69 Å². The van der Waals surface area contributed by atoms with Crippen molar-refractivity contribution in [3.8, 4) is 16.8 Å². The first kappa shape index (κ1) is 26.7. The number of rotatable bonds is 6. The molecule has 0 radical (unpaired) electrons. The molecule has 3 heterocycles. The first-order chi connectivity index (χ1) is 19.7. The average molecular weight is 577 g/mol. The molecule has 0 aliphatic carbocycles. The minimum atomic E-state index is -4.34. The van der Waals surface area contributed by atoms with Gasteiger partial charge in [0.15, 0.2) is 0 Å². The van der Waals surface area contributed by atoms with E-state index in [9.17, 15) is 17.2 Å². The van der Waals surface area contributed by atoms with Crippen LogP contribution in [0.5, 0.6) is 0 Å². The zero-order valence-corrected chi connectivity index (χ0v) is 22.8. The highest BCUT2D eigenvalue weighted by molar-refractivity contribution is 7.92. The fourth-order valence-corrected chi connectivity index (χ4v) is 6.04. The van der Waals surface area contributed by atoms with E-state index in [-0.39, 0.29) is 5.69 Å². The number of ether oxygens (including phenoxy) is 1. The number of imidazole rings is 1. The lowest BCUT2D eigenvalue weighted by Gasteiger charge is -2.29. The molecule has 6 rings (SSSR count). The van der Waals surface area contributed by atoms with Crippen molar-refractivity contribution in [2.45, 2.75) is 11.8 Å². The Bertz CT molecular complexity index is 1870. The lowest BCUT2D eigenvalue weighted by atomic mass is 10.1. The summed E-state index contributed by atoms with van der Waals surface area (Å²) in [6, 6.07) is 17.5. The van der Waals surface area contributed by atoms with Gasteiger partial charge in [-0.05, 0) is 67.1 Å². The van der Waals surface area contributed by atoms with Crippen LogP contribution >= 0.6 is 0 Å². The van der Waals surface area contributed by atoms with Gasteiger partial charge in [-0.15, -0.1) is 0 Å². The van der Waals surface area contributed by atoms with E-state index in [1.54, 1.807) is 19.2 Å². The van der Waals surface area contributed by atoms with Crippen LogP contribution in [0.3, 0.4) is 0 Å². The van der Waals surface area contributed by atoms with Crippen LogP contribution in [0, 0.1) is 18.6 Å². The SMILES string of the molecule is Cc1ncc(-c2ccc3nc(N)n(-c4ccc(N5CCOCC5)cc4)c3c2)cc1NS(=O)(=O)c1ccc(F)cc1F. The Kier molecular flexibility index (Phi) is 6.80. The fraction of sp³-hybridized carbons (Fsp3) is 0.172. The van der Waals surface area contributed by atoms with Gasteiger partial charge < -0.3 is 15.4 Å². The maximum absolute atomic E-state index is 14.2. The van der Waals surface area contributed by atoms with Crippen LogP contribution < -0.4 is 15.4 Å². The molecule has 210 valence electrons. The number of pyridine rings is 1. The number of morpholine rings is 1. The molecule has 9 nitrogen and oxygen atoms in total. The summed E-state index contributed by atoms with van der Waals surface area (Å²) < 4.78 is 63.0. The third kappa shape index (κ3) is 5.19. The highest BCUT2D eigenvalue weighted by Gasteiger charge is 2.21. The van der Waals surface area contributed by atoms with Crippen molar-refractivity contribution in [3.05, 3.63) is 90.3 Å². The van der Waals surface area contributed by atoms with Crippen molar-refractivity contribution < 1.29 is 21.9 Å². The predicted molar refractivity (Wildman–Crippen MR) is 154 cm³/mol. The molecule has 1 saturated heterocycles. The van der Waals surface area contributed by atoms with E-state index in [0.29, 0.717) is 42.0 Å². The number of nitrogen functional groups attached to an aromatic ring is 1. The Morgan fingerprint density at radius 3 is 2.39 bits per heavy atom. The van der Waals surface area contributed by atoms with Gasteiger partial charge >= 0.3 is 0 Å². The fourth-order valence-electron chi connectivity index (χ4n) is 4.87. The van der Waals surface area contributed by atoms with Gasteiger partial charge in [-0.25, -0.2) is 22.2 Å². The van der Waals surface area contributed by atoms with Crippen molar-refractivity contribution in [2.24, 2.45) is 0 Å². The van der Waals surface area contributed by atoms with Gasteiger partial charge in [-0.2, -0.15) is 0 Å². The number of aromatic nitrogens is 3. The van der Waals surface area contributed by atoms with E-state index in [1.165, 1.54) is 0 Å². The second-order valence-corrected chi connectivity index (χ2v) is 11.3. The third-order valence-electron chi connectivity index (χ3n) is 7.01. The van der Waals surface area contributed by atoms with E-state index in [1.807, 2.05) is 47.0 Å². The predicted octanol–water partition coefficient (Wildman–Crippen LogP) is 4.89. The van der Waals surface area contributed by atoms with Crippen LogP contribution in [-0.4, -0.2) is 49.3 Å². The van der Waals surface area contributed by atoms with Gasteiger partial charge in [0.1, 0.15) is 16.5 Å². The summed E-state index contributed by atoms with van der Waals surface area (Å²) in [5, 5.41) is 0. The smallest absolute Gasteiger partial charge is 0.264 e. The minimum absolute atomic E-state index is 0.165. The summed E-state index contributed by atoms with van der Waals surface area (Å²) in [5.41, 5.74) is 11.6. The van der Waals surface area contributed by atoms with Crippen molar-refractivity contribution >= 4 is 38.4 Å². The lowest BCUT2D eigenvalue weighted by molar-refractivity contribution is 0.122. The van der Waals surface area contributed by atoms with Crippen molar-refractivity contribution in [1.82, 2.24) is 14.5 Å². The van der Waals surface area contributed by atoms with Gasteiger partial charge in [0.2, 0.25) is 5.95 Å². The summed E-state index contributed by atoms with van der Waals surface area (Å²) in [6.45, 7) is 4.69. The monoisotopic (exact) mass is 576 g/mol. The zero-order chi connectivity index (χ0) is 28.7. The van der Waals surface area contributed by atoms with Gasteiger partial charge in [0, 0.05) is 42.3 Å². The van der Waals surface area contributed by atoms with Crippen molar-refractivity contribution in [3.63, 3.8) is 0 Å². The molecule has 0 spiro atoms. The van der Waals surface area contributed by atoms with Gasteiger partial charge in [0.05, 0.1) is 35.6 Å². The molecular weight excluding hydrogens is 550 g/mol. The summed E-state index contributed by atoms with van der Waals surface area (Å²) in [5.74, 6) is -1.73. The quantitative estimate of drug-likeness (QED) is 0.296. The Morgan fingerprint density at radius 1 is 0.927 bits per heavy atom. The zero-order valence-electron chi connectivity index (χ0n) is 22.0. The number of hydrogen-bond donors (Lipinski definition) is 2. The molecule has 0 amide bonds. The number of fused-ring (bicyclic) bond motifs is 1. The number of nitrogens with one attached hydrogen (secondary N) is 1. The number of hydrogen-bond acceptors (Lipinski definition) is 7. The minimum Gasteiger partial charge on any atom is -0.378 e. The normalized spacial score (nSPS) is 14.0. The van der Waals surface area contributed by atoms with Crippen LogP contribution in [0.25, 0.3) is 27.8 Å². The molecule has 1 fully saturated rings. The first-order valence-corrected chi connectivity index (χ1v) is 14.3. The van der Waals surface area contributed by atoms with Crippen LogP contribution in [-0.2, 0) is 14.8 Å². The van der Waals surface area contributed by atoms with Gasteiger partial charge in [-0.3, -0.25) is 14.3 Å². The molecule has 0 atom stereocenters. The van der Waals surface area contributed by atoms with Crippen molar-refractivity contribution in [2.75, 3.05) is 41.7 Å². The number of nitrogens with two attached hydrogens (primary N) is 1. The van der Waals surface area contributed by atoms with Crippen molar-refractivity contribution in [1.29, 1.82) is 0 Å². The molecular formula is C29H26F2N6O3S. The summed E-state index contributed by atoms with van der Waals surface area (Å²) in [6.07, 6.45) is 1.62. The van der Waals surface area contributed by atoms with Crippen LogP contribution in [0.15, 0.2) is 77.8 Å². The molecule has 2 aromatic heterocycles. The van der Waals surface area contributed by atoms with Crippen LogP contribution in [0.2, 0.25) is 0 Å². The number of anilines is 3. The largest absolute Gasteiger partial charge is 0.378 e. The van der Waals surface area contributed by atoms with E-state index in [4.69, 9.17) is 10.5 Å². The van der Waals surface area contributed by atoms with E-state index < -0.39 is 26.6 Å². The molecule has 3 N–H and O–H groups in total. The maximum Gasteiger partial charge on any atom is 0.264 e. The van der Waals surface area contributed by atoms with Crippen LogP contribution in [0.4, 0.5) is 26.1 Å². The summed E-state index contributed by atoms with van der Waals surface area (Å²) >= 11 is 0. The van der Waals surface area contributed by atoms with Gasteiger partial charge in [-0.1, -0.05) is 6.07 Å². The molecule has 41 heavy (non-hydrogen) atoms. The lowest BCUT2D eigenvalue weighted by Crippen LogP contribution is -2.36. The number of aryl methyl sites for hydroxylation is 1. The van der Waals surface area contributed by atoms with E-state index in [2.05, 4.69) is 19.6 Å². The highest BCUT2D eigenvalue weighted by Crippen LogP contribution is 2.31. The summed E-state index contributed by atoms with van der Waals surface area (Å²) in [4.78, 5) is 10.5. The molecule has 0 unspecified atom stereocenters. The second-order valence-electron chi connectivity index (χ2n) is 9.66. The standard InChI is InChI=1S/C29H26F2N6O3S/c1-18-26(35-41(38,39)28-9-3-21(30)16-24(28)31)14-20(17-33-18)19-2-8-25-27(15-19)37(29(32)34-25)23-6-4-22(5-7-23)36-10-12-40-13-11-36/h2-9,14-17,35H,10-13H2,1H3,(H2,32,34). The Hall–Kier alpha value is -4.55. The van der Waals surface area contributed by atoms with Gasteiger partial charge in [0.25, 0.3) is 10.0 Å². The molecule has 0 saturated carbocycles.